The molecule has 0 spiro atoms. The minimum atomic E-state index is -0.745. The van der Waals surface area contributed by atoms with E-state index in [9.17, 15) is 18.0 Å². The van der Waals surface area contributed by atoms with Gasteiger partial charge >= 0.3 is 0 Å². The summed E-state index contributed by atoms with van der Waals surface area (Å²) in [6.45, 7) is 0. The highest BCUT2D eigenvalue weighted by atomic mass is 19.1. The number of amides is 1. The fourth-order valence-electron chi connectivity index (χ4n) is 3.10. The molecule has 4 rings (SSSR count). The van der Waals surface area contributed by atoms with Crippen molar-refractivity contribution in [3.8, 4) is 5.69 Å². The quantitative estimate of drug-likeness (QED) is 0.770. The van der Waals surface area contributed by atoms with Crippen LogP contribution < -0.4 is 5.32 Å². The van der Waals surface area contributed by atoms with E-state index < -0.39 is 23.4 Å². The molecule has 0 unspecified atom stereocenters. The van der Waals surface area contributed by atoms with E-state index in [1.165, 1.54) is 17.0 Å². The van der Waals surface area contributed by atoms with E-state index >= 15 is 0 Å². The molecule has 1 atom stereocenters. The molecule has 0 aliphatic carbocycles. The molecule has 0 bridgehead atoms. The standard InChI is InChI=1S/C18H12F3N3O/c19-10-5-11(20)7-12(6-10)24-9-22-17-14(8-16(25)23-18(17)24)13-3-1-2-4-15(13)21/h1-7,9,14H,8H2,(H,23,25)/t14-/m0/s1. The number of nitrogens with zero attached hydrogens (tertiary/aromatic N) is 2. The number of aromatic nitrogens is 2. The van der Waals surface area contributed by atoms with Crippen molar-refractivity contribution in [1.82, 2.24) is 9.55 Å². The maximum absolute atomic E-state index is 14.2. The largest absolute Gasteiger partial charge is 0.310 e. The van der Waals surface area contributed by atoms with Crippen LogP contribution in [-0.4, -0.2) is 15.5 Å². The molecule has 0 fully saturated rings. The number of carbonyl (C=O) groups excluding carboxylic acids is 1. The summed E-state index contributed by atoms with van der Waals surface area (Å²) in [4.78, 5) is 16.4. The van der Waals surface area contributed by atoms with E-state index in [0.29, 0.717) is 11.3 Å². The summed E-state index contributed by atoms with van der Waals surface area (Å²) < 4.78 is 42.6. The molecule has 126 valence electrons. The molecule has 7 heteroatoms. The van der Waals surface area contributed by atoms with Gasteiger partial charge in [-0.15, -0.1) is 0 Å². The molecule has 0 saturated carbocycles. The van der Waals surface area contributed by atoms with Crippen molar-refractivity contribution in [3.05, 3.63) is 77.5 Å². The van der Waals surface area contributed by atoms with Crippen LogP contribution in [0.2, 0.25) is 0 Å². The molecule has 2 heterocycles. The molecule has 4 nitrogen and oxygen atoms in total. The van der Waals surface area contributed by atoms with Gasteiger partial charge in [-0.2, -0.15) is 0 Å². The minimum absolute atomic E-state index is 0.0441. The van der Waals surface area contributed by atoms with Crippen LogP contribution in [0.25, 0.3) is 5.69 Å². The number of rotatable bonds is 2. The van der Waals surface area contributed by atoms with Crippen LogP contribution in [0.15, 0.2) is 48.8 Å². The van der Waals surface area contributed by atoms with E-state index in [1.807, 2.05) is 0 Å². The monoisotopic (exact) mass is 343 g/mol. The van der Waals surface area contributed by atoms with Crippen LogP contribution in [0.1, 0.15) is 23.6 Å². The van der Waals surface area contributed by atoms with Crippen LogP contribution in [0, 0.1) is 17.5 Å². The number of hydrogen-bond acceptors (Lipinski definition) is 2. The highest BCUT2D eigenvalue weighted by Gasteiger charge is 2.32. The van der Waals surface area contributed by atoms with Crippen LogP contribution in [0.3, 0.4) is 0 Å². The molecule has 1 aliphatic heterocycles. The first-order valence-electron chi connectivity index (χ1n) is 7.61. The number of hydrogen-bond donors (Lipinski definition) is 1. The van der Waals surface area contributed by atoms with Crippen LogP contribution in [0.5, 0.6) is 0 Å². The lowest BCUT2D eigenvalue weighted by molar-refractivity contribution is -0.116. The average Bonchev–Trinajstić information content (AvgIpc) is 2.97. The Morgan fingerprint density at radius 2 is 1.80 bits per heavy atom. The lowest BCUT2D eigenvalue weighted by Crippen LogP contribution is -2.25. The first-order chi connectivity index (χ1) is 12.0. The van der Waals surface area contributed by atoms with Crippen molar-refractivity contribution in [2.45, 2.75) is 12.3 Å². The molecule has 1 N–H and O–H groups in total. The van der Waals surface area contributed by atoms with Gasteiger partial charge in [0.1, 0.15) is 29.6 Å². The van der Waals surface area contributed by atoms with Gasteiger partial charge in [-0.3, -0.25) is 9.36 Å². The maximum atomic E-state index is 14.2. The Kier molecular flexibility index (Phi) is 3.56. The molecule has 0 saturated heterocycles. The summed E-state index contributed by atoms with van der Waals surface area (Å²) in [5.41, 5.74) is 0.990. The summed E-state index contributed by atoms with van der Waals surface area (Å²) >= 11 is 0. The predicted molar refractivity (Wildman–Crippen MR) is 85.0 cm³/mol. The van der Waals surface area contributed by atoms with Crippen LogP contribution in [0.4, 0.5) is 19.0 Å². The number of nitrogens with one attached hydrogen (secondary N) is 1. The van der Waals surface area contributed by atoms with Crippen LogP contribution >= 0.6 is 0 Å². The predicted octanol–water partition coefficient (Wildman–Crippen LogP) is 3.76. The van der Waals surface area contributed by atoms with Crippen molar-refractivity contribution in [2.24, 2.45) is 0 Å². The number of fused-ring (bicyclic) bond motifs is 1. The Morgan fingerprint density at radius 1 is 1.08 bits per heavy atom. The van der Waals surface area contributed by atoms with Gasteiger partial charge < -0.3 is 5.32 Å². The molecule has 1 aromatic heterocycles. The summed E-state index contributed by atoms with van der Waals surface area (Å²) in [5.74, 6) is -2.52. The molecular weight excluding hydrogens is 331 g/mol. The first kappa shape index (κ1) is 15.4. The van der Waals surface area contributed by atoms with Gasteiger partial charge in [0.25, 0.3) is 0 Å². The van der Waals surface area contributed by atoms with Gasteiger partial charge in [0.15, 0.2) is 0 Å². The van der Waals surface area contributed by atoms with E-state index in [1.54, 1.807) is 18.2 Å². The van der Waals surface area contributed by atoms with Crippen molar-refractivity contribution in [2.75, 3.05) is 5.32 Å². The molecule has 1 amide bonds. The third-order valence-electron chi connectivity index (χ3n) is 4.18. The molecule has 2 aromatic carbocycles. The summed E-state index contributed by atoms with van der Waals surface area (Å²) in [6.07, 6.45) is 1.40. The highest BCUT2D eigenvalue weighted by molar-refractivity contribution is 5.94. The first-order valence-corrected chi connectivity index (χ1v) is 7.61. The van der Waals surface area contributed by atoms with Crippen molar-refractivity contribution in [1.29, 1.82) is 0 Å². The van der Waals surface area contributed by atoms with E-state index in [0.717, 1.165) is 18.2 Å². The number of imidazole rings is 1. The van der Waals surface area contributed by atoms with Gasteiger partial charge in [0.2, 0.25) is 5.91 Å². The summed E-state index contributed by atoms with van der Waals surface area (Å²) in [6, 6.07) is 9.19. The molecule has 1 aliphatic rings. The zero-order valence-corrected chi connectivity index (χ0v) is 12.8. The van der Waals surface area contributed by atoms with E-state index in [4.69, 9.17) is 0 Å². The van der Waals surface area contributed by atoms with E-state index in [2.05, 4.69) is 10.3 Å². The SMILES string of the molecule is O=C1C[C@@H](c2ccccc2F)c2ncn(-c3cc(F)cc(F)c3)c2N1. The van der Waals surface area contributed by atoms with Gasteiger partial charge in [-0.05, 0) is 23.8 Å². The number of anilines is 1. The Hall–Kier alpha value is -3.09. The lowest BCUT2D eigenvalue weighted by Gasteiger charge is -2.23. The second-order valence-electron chi connectivity index (χ2n) is 5.80. The van der Waals surface area contributed by atoms with Gasteiger partial charge in [-0.1, -0.05) is 18.2 Å². The summed E-state index contributed by atoms with van der Waals surface area (Å²) in [7, 11) is 0. The molecule has 3 aromatic rings. The molecule has 25 heavy (non-hydrogen) atoms. The second kappa shape index (κ2) is 5.77. The average molecular weight is 343 g/mol. The Morgan fingerprint density at radius 3 is 2.52 bits per heavy atom. The minimum Gasteiger partial charge on any atom is -0.310 e. The molecular formula is C18H12F3N3O. The van der Waals surface area contributed by atoms with E-state index in [-0.39, 0.29) is 23.8 Å². The smallest absolute Gasteiger partial charge is 0.226 e. The van der Waals surface area contributed by atoms with Crippen molar-refractivity contribution in [3.63, 3.8) is 0 Å². The van der Waals surface area contributed by atoms with Crippen molar-refractivity contribution < 1.29 is 18.0 Å². The Labute approximate surface area is 140 Å². The van der Waals surface area contributed by atoms with Gasteiger partial charge in [0, 0.05) is 18.4 Å². The zero-order chi connectivity index (χ0) is 17.6. The third-order valence-corrected chi connectivity index (χ3v) is 4.18. The van der Waals surface area contributed by atoms with Gasteiger partial charge in [0.05, 0.1) is 11.4 Å². The Bertz CT molecular complexity index is 963. The maximum Gasteiger partial charge on any atom is 0.226 e. The number of carbonyl (C=O) groups is 1. The van der Waals surface area contributed by atoms with Crippen molar-refractivity contribution >= 4 is 11.7 Å². The fraction of sp³-hybridized carbons (Fsp3) is 0.111. The normalized spacial score (nSPS) is 16.4. The fourth-order valence-corrected chi connectivity index (χ4v) is 3.10. The van der Waals surface area contributed by atoms with Crippen LogP contribution in [-0.2, 0) is 4.79 Å². The number of halogens is 3. The topological polar surface area (TPSA) is 46.9 Å². The Balaban J connectivity index is 1.86. The summed E-state index contributed by atoms with van der Waals surface area (Å²) in [5, 5.41) is 2.66. The second-order valence-corrected chi connectivity index (χ2v) is 5.80. The van der Waals surface area contributed by atoms with Gasteiger partial charge in [-0.25, -0.2) is 18.2 Å². The third kappa shape index (κ3) is 2.67. The number of benzene rings is 2. The highest BCUT2D eigenvalue weighted by Crippen LogP contribution is 2.38. The lowest BCUT2D eigenvalue weighted by atomic mass is 9.89. The molecule has 0 radical (unpaired) electrons. The zero-order valence-electron chi connectivity index (χ0n) is 12.8.